The van der Waals surface area contributed by atoms with Crippen LogP contribution in [0.15, 0.2) is 48.5 Å². The van der Waals surface area contributed by atoms with E-state index < -0.39 is 6.36 Å². The number of rotatable bonds is 4. The van der Waals surface area contributed by atoms with E-state index in [-0.39, 0.29) is 17.1 Å². The van der Waals surface area contributed by atoms with Gasteiger partial charge in [0.15, 0.2) is 0 Å². The molecule has 1 aromatic heterocycles. The molecule has 9 heteroatoms. The average molecular weight is 478 g/mol. The van der Waals surface area contributed by atoms with Crippen molar-refractivity contribution >= 4 is 28.4 Å². The zero-order valence-electron chi connectivity index (χ0n) is 17.8. The first-order chi connectivity index (χ1) is 15.7. The standard InChI is InChI=1S/C24H23ClF3N3O2/c25-18-3-6-20-17(11-18)12-21(29-20)22(32)31-14-23(15-31)7-9-30(10-8-23)13-16-1-4-19(5-2-16)33-24(26,27)28/h1-6,11-12,29H,7-10,13-15H2. The number of halogens is 4. The second-order valence-electron chi connectivity index (χ2n) is 9.04. The third-order valence-electron chi connectivity index (χ3n) is 6.63. The van der Waals surface area contributed by atoms with Gasteiger partial charge < -0.3 is 14.6 Å². The minimum Gasteiger partial charge on any atom is -0.406 e. The lowest BCUT2D eigenvalue weighted by atomic mass is 9.72. The minimum atomic E-state index is -4.68. The first-order valence-corrected chi connectivity index (χ1v) is 11.2. The van der Waals surface area contributed by atoms with E-state index in [1.165, 1.54) is 12.1 Å². The number of alkyl halides is 3. The zero-order valence-corrected chi connectivity index (χ0v) is 18.5. The van der Waals surface area contributed by atoms with Crippen molar-refractivity contribution in [1.29, 1.82) is 0 Å². The summed E-state index contributed by atoms with van der Waals surface area (Å²) in [5.74, 6) is -0.197. The number of nitrogens with zero attached hydrogens (tertiary/aromatic N) is 2. The van der Waals surface area contributed by atoms with Gasteiger partial charge in [0.25, 0.3) is 5.91 Å². The van der Waals surface area contributed by atoms with Gasteiger partial charge in [0.2, 0.25) is 0 Å². The average Bonchev–Trinajstić information content (AvgIpc) is 3.16. The Labute approximate surface area is 194 Å². The number of amides is 1. The third kappa shape index (κ3) is 4.82. The predicted molar refractivity (Wildman–Crippen MR) is 119 cm³/mol. The van der Waals surface area contributed by atoms with Crippen molar-refractivity contribution in [3.63, 3.8) is 0 Å². The number of piperidine rings is 1. The van der Waals surface area contributed by atoms with Gasteiger partial charge in [-0.25, -0.2) is 0 Å². The van der Waals surface area contributed by atoms with Crippen LogP contribution in [0.2, 0.25) is 5.02 Å². The van der Waals surface area contributed by atoms with Crippen LogP contribution in [0.3, 0.4) is 0 Å². The molecule has 33 heavy (non-hydrogen) atoms. The third-order valence-corrected chi connectivity index (χ3v) is 6.87. The number of carbonyl (C=O) groups is 1. The number of hydrogen-bond donors (Lipinski definition) is 1. The Kier molecular flexibility index (Phi) is 5.53. The molecule has 1 N–H and O–H groups in total. The SMILES string of the molecule is O=C(c1cc2cc(Cl)ccc2[nH]1)N1CC2(CCN(Cc3ccc(OC(F)(F)F)cc3)CC2)C1. The summed E-state index contributed by atoms with van der Waals surface area (Å²) in [6.07, 6.45) is -2.69. The van der Waals surface area contributed by atoms with Gasteiger partial charge >= 0.3 is 6.36 Å². The lowest BCUT2D eigenvalue weighted by Gasteiger charge is -2.54. The highest BCUT2D eigenvalue weighted by Crippen LogP contribution is 2.41. The number of likely N-dealkylation sites (tertiary alicyclic amines) is 2. The fourth-order valence-electron chi connectivity index (χ4n) is 4.85. The van der Waals surface area contributed by atoms with Crippen molar-refractivity contribution in [2.75, 3.05) is 26.2 Å². The number of benzene rings is 2. The van der Waals surface area contributed by atoms with Crippen LogP contribution in [0, 0.1) is 5.41 Å². The summed E-state index contributed by atoms with van der Waals surface area (Å²) in [5, 5.41) is 1.56. The van der Waals surface area contributed by atoms with Crippen molar-refractivity contribution in [2.45, 2.75) is 25.7 Å². The molecule has 5 rings (SSSR count). The topological polar surface area (TPSA) is 48.6 Å². The van der Waals surface area contributed by atoms with Crippen molar-refractivity contribution in [3.05, 3.63) is 64.8 Å². The van der Waals surface area contributed by atoms with Gasteiger partial charge in [-0.2, -0.15) is 0 Å². The highest BCUT2D eigenvalue weighted by atomic mass is 35.5. The van der Waals surface area contributed by atoms with E-state index in [9.17, 15) is 18.0 Å². The Balaban J connectivity index is 1.12. The number of fused-ring (bicyclic) bond motifs is 1. The predicted octanol–water partition coefficient (Wildman–Crippen LogP) is 5.46. The Morgan fingerprint density at radius 1 is 1.06 bits per heavy atom. The van der Waals surface area contributed by atoms with Gasteiger partial charge in [0.1, 0.15) is 11.4 Å². The Bertz CT molecular complexity index is 1160. The summed E-state index contributed by atoms with van der Waals surface area (Å²) in [4.78, 5) is 20.3. The summed E-state index contributed by atoms with van der Waals surface area (Å²) in [6, 6.07) is 13.4. The molecule has 2 aromatic carbocycles. The maximum Gasteiger partial charge on any atom is 0.573 e. The molecule has 1 spiro atoms. The fourth-order valence-corrected chi connectivity index (χ4v) is 5.03. The van der Waals surface area contributed by atoms with Gasteiger partial charge in [-0.15, -0.1) is 13.2 Å². The quantitative estimate of drug-likeness (QED) is 0.543. The number of aromatic amines is 1. The van der Waals surface area contributed by atoms with Gasteiger partial charge in [0.05, 0.1) is 0 Å². The first kappa shape index (κ1) is 22.1. The van der Waals surface area contributed by atoms with Crippen molar-refractivity contribution in [1.82, 2.24) is 14.8 Å². The van der Waals surface area contributed by atoms with Gasteiger partial charge in [-0.1, -0.05) is 23.7 Å². The number of carbonyl (C=O) groups excluding carboxylic acids is 1. The summed E-state index contributed by atoms with van der Waals surface area (Å²) < 4.78 is 40.8. The van der Waals surface area contributed by atoms with E-state index in [1.54, 1.807) is 18.2 Å². The lowest BCUT2D eigenvalue weighted by Crippen LogP contribution is -2.61. The Morgan fingerprint density at radius 2 is 1.76 bits per heavy atom. The van der Waals surface area contributed by atoms with Crippen LogP contribution >= 0.6 is 11.6 Å². The highest BCUT2D eigenvalue weighted by Gasteiger charge is 2.46. The molecule has 1 amide bonds. The summed E-state index contributed by atoms with van der Waals surface area (Å²) in [6.45, 7) is 3.97. The molecule has 0 saturated carbocycles. The smallest absolute Gasteiger partial charge is 0.406 e. The summed E-state index contributed by atoms with van der Waals surface area (Å²) in [5.41, 5.74) is 2.58. The molecule has 2 aliphatic heterocycles. The van der Waals surface area contributed by atoms with E-state index in [1.807, 2.05) is 23.1 Å². The van der Waals surface area contributed by atoms with Crippen LogP contribution in [-0.4, -0.2) is 53.2 Å². The molecular weight excluding hydrogens is 455 g/mol. The maximum atomic E-state index is 12.9. The Hall–Kier alpha value is -2.71. The van der Waals surface area contributed by atoms with Gasteiger partial charge in [-0.3, -0.25) is 9.69 Å². The molecule has 2 aliphatic rings. The first-order valence-electron chi connectivity index (χ1n) is 10.8. The van der Waals surface area contributed by atoms with E-state index in [2.05, 4.69) is 14.6 Å². The molecule has 0 radical (unpaired) electrons. The summed E-state index contributed by atoms with van der Waals surface area (Å²) in [7, 11) is 0. The second-order valence-corrected chi connectivity index (χ2v) is 9.48. The van der Waals surface area contributed by atoms with Crippen LogP contribution < -0.4 is 4.74 Å². The van der Waals surface area contributed by atoms with E-state index >= 15 is 0 Å². The molecule has 0 aliphatic carbocycles. The normalized spacial score (nSPS) is 18.5. The molecule has 3 heterocycles. The number of ether oxygens (including phenoxy) is 1. The molecule has 174 valence electrons. The highest BCUT2D eigenvalue weighted by molar-refractivity contribution is 6.31. The lowest BCUT2D eigenvalue weighted by molar-refractivity contribution is -0.274. The molecule has 2 saturated heterocycles. The second kappa shape index (κ2) is 8.25. The van der Waals surface area contributed by atoms with Gasteiger partial charge in [-0.05, 0) is 67.9 Å². The molecule has 5 nitrogen and oxygen atoms in total. The van der Waals surface area contributed by atoms with Crippen molar-refractivity contribution in [2.24, 2.45) is 5.41 Å². The number of hydrogen-bond acceptors (Lipinski definition) is 3. The van der Waals surface area contributed by atoms with Crippen LogP contribution in [0.4, 0.5) is 13.2 Å². The van der Waals surface area contributed by atoms with Crippen LogP contribution in [-0.2, 0) is 6.54 Å². The van der Waals surface area contributed by atoms with Gasteiger partial charge in [0, 0.05) is 41.0 Å². The summed E-state index contributed by atoms with van der Waals surface area (Å²) >= 11 is 6.04. The molecule has 0 unspecified atom stereocenters. The van der Waals surface area contributed by atoms with Crippen LogP contribution in [0.5, 0.6) is 5.75 Å². The molecule has 3 aromatic rings. The number of H-pyrrole nitrogens is 1. The van der Waals surface area contributed by atoms with Crippen LogP contribution in [0.1, 0.15) is 28.9 Å². The molecule has 0 bridgehead atoms. The van der Waals surface area contributed by atoms with E-state index in [0.717, 1.165) is 55.5 Å². The number of nitrogens with one attached hydrogen (secondary N) is 1. The minimum absolute atomic E-state index is 0.0107. The monoisotopic (exact) mass is 477 g/mol. The number of aromatic nitrogens is 1. The molecule has 0 atom stereocenters. The van der Waals surface area contributed by atoms with E-state index in [0.29, 0.717) is 17.3 Å². The van der Waals surface area contributed by atoms with E-state index in [4.69, 9.17) is 11.6 Å². The van der Waals surface area contributed by atoms with Crippen molar-refractivity contribution < 1.29 is 22.7 Å². The zero-order chi connectivity index (χ0) is 23.2. The fraction of sp³-hybridized carbons (Fsp3) is 0.375. The van der Waals surface area contributed by atoms with Crippen LogP contribution in [0.25, 0.3) is 10.9 Å². The Morgan fingerprint density at radius 3 is 2.42 bits per heavy atom. The maximum absolute atomic E-state index is 12.9. The van der Waals surface area contributed by atoms with Crippen molar-refractivity contribution in [3.8, 4) is 5.75 Å². The largest absolute Gasteiger partial charge is 0.573 e. The molecular formula is C24H23ClF3N3O2. The molecule has 2 fully saturated rings.